The van der Waals surface area contributed by atoms with Crippen molar-refractivity contribution in [2.24, 2.45) is 5.92 Å². The van der Waals surface area contributed by atoms with Gasteiger partial charge in [-0.15, -0.1) is 10.2 Å². The van der Waals surface area contributed by atoms with Crippen molar-refractivity contribution in [2.45, 2.75) is 25.4 Å². The van der Waals surface area contributed by atoms with Gasteiger partial charge in [0.25, 0.3) is 0 Å². The van der Waals surface area contributed by atoms with E-state index < -0.39 is 0 Å². The van der Waals surface area contributed by atoms with Crippen molar-refractivity contribution in [1.82, 2.24) is 10.2 Å². The van der Waals surface area contributed by atoms with Crippen LogP contribution in [0.1, 0.15) is 30.9 Å². The first kappa shape index (κ1) is 14.6. The van der Waals surface area contributed by atoms with Gasteiger partial charge in [-0.05, 0) is 12.0 Å². The van der Waals surface area contributed by atoms with E-state index in [2.05, 4.69) is 15.5 Å². The number of carbonyl (C=O) groups is 2. The van der Waals surface area contributed by atoms with Crippen LogP contribution in [0.5, 0.6) is 0 Å². The number of aromatic nitrogens is 2. The third-order valence-electron chi connectivity index (χ3n) is 3.59. The molecule has 0 aliphatic carbocycles. The van der Waals surface area contributed by atoms with Gasteiger partial charge < -0.3 is 10.1 Å². The van der Waals surface area contributed by atoms with E-state index in [0.717, 1.165) is 5.56 Å². The third-order valence-corrected chi connectivity index (χ3v) is 4.20. The van der Waals surface area contributed by atoms with Crippen LogP contribution in [0.2, 0.25) is 0 Å². The number of benzene rings is 1. The van der Waals surface area contributed by atoms with Crippen LogP contribution in [0.25, 0.3) is 0 Å². The molecule has 0 unspecified atom stereocenters. The number of carbonyl (C=O) groups excluding carboxylic acids is 2. The Bertz CT molecular complexity index is 645. The summed E-state index contributed by atoms with van der Waals surface area (Å²) < 4.78 is 5.41. The first-order valence-electron chi connectivity index (χ1n) is 7.03. The Balaban J connectivity index is 1.58. The average Bonchev–Trinajstić information content (AvgIpc) is 3.15. The first-order valence-corrected chi connectivity index (χ1v) is 7.91. The number of ether oxygens (including phenoxy) is 1. The van der Waals surface area contributed by atoms with Crippen molar-refractivity contribution in [3.63, 3.8) is 0 Å². The second kappa shape index (κ2) is 6.65. The molecular formula is C15H15N3O3S. The van der Waals surface area contributed by atoms with Crippen LogP contribution in [-0.2, 0) is 14.3 Å². The largest absolute Gasteiger partial charge is 0.457 e. The highest BCUT2D eigenvalue weighted by Crippen LogP contribution is 2.38. The lowest BCUT2D eigenvalue weighted by molar-refractivity contribution is -0.141. The van der Waals surface area contributed by atoms with Crippen molar-refractivity contribution < 1.29 is 14.3 Å². The Morgan fingerprint density at radius 1 is 1.36 bits per heavy atom. The van der Waals surface area contributed by atoms with Crippen molar-refractivity contribution in [3.05, 3.63) is 41.4 Å². The van der Waals surface area contributed by atoms with E-state index in [0.29, 0.717) is 24.4 Å². The minimum Gasteiger partial charge on any atom is -0.457 e. The van der Waals surface area contributed by atoms with Gasteiger partial charge in [0.15, 0.2) is 0 Å². The van der Waals surface area contributed by atoms with Gasteiger partial charge in [-0.1, -0.05) is 41.7 Å². The van der Waals surface area contributed by atoms with E-state index in [4.69, 9.17) is 4.74 Å². The number of esters is 1. The quantitative estimate of drug-likeness (QED) is 0.857. The number of nitrogens with one attached hydrogen (secondary N) is 1. The van der Waals surface area contributed by atoms with Gasteiger partial charge in [0.05, 0.1) is 6.42 Å². The molecule has 1 amide bonds. The normalized spacial score (nSPS) is 20.6. The Hall–Kier alpha value is -2.28. The zero-order valence-corrected chi connectivity index (χ0v) is 12.6. The Morgan fingerprint density at radius 2 is 2.18 bits per heavy atom. The minimum absolute atomic E-state index is 0.0232. The van der Waals surface area contributed by atoms with Crippen LogP contribution in [0.4, 0.5) is 5.13 Å². The van der Waals surface area contributed by atoms with Crippen molar-refractivity contribution in [1.29, 1.82) is 0 Å². The highest BCUT2D eigenvalue weighted by atomic mass is 32.1. The van der Waals surface area contributed by atoms with E-state index in [1.807, 2.05) is 30.3 Å². The number of cyclic esters (lactones) is 1. The van der Waals surface area contributed by atoms with Crippen molar-refractivity contribution in [3.8, 4) is 0 Å². The van der Waals surface area contributed by atoms with Crippen molar-refractivity contribution in [2.75, 3.05) is 5.32 Å². The molecule has 7 heteroatoms. The molecule has 2 atom stereocenters. The van der Waals surface area contributed by atoms with E-state index >= 15 is 0 Å². The number of anilines is 1. The lowest BCUT2D eigenvalue weighted by Gasteiger charge is -2.17. The molecule has 0 radical (unpaired) electrons. The first-order chi connectivity index (χ1) is 10.7. The predicted octanol–water partition coefficient (Wildman–Crippen LogP) is 2.56. The summed E-state index contributed by atoms with van der Waals surface area (Å²) in [7, 11) is 0. The summed E-state index contributed by atoms with van der Waals surface area (Å²) in [6.45, 7) is 0. The molecule has 1 fully saturated rings. The molecule has 2 aromatic rings. The van der Waals surface area contributed by atoms with Gasteiger partial charge in [-0.25, -0.2) is 0 Å². The summed E-state index contributed by atoms with van der Waals surface area (Å²) in [5.41, 5.74) is 2.53. The molecule has 1 aromatic carbocycles. The highest BCUT2D eigenvalue weighted by molar-refractivity contribution is 7.13. The third kappa shape index (κ3) is 3.48. The Labute approximate surface area is 131 Å². The fourth-order valence-corrected chi connectivity index (χ4v) is 3.03. The lowest BCUT2D eigenvalue weighted by Crippen LogP contribution is -2.15. The van der Waals surface area contributed by atoms with Crippen LogP contribution < -0.4 is 5.32 Å². The molecule has 0 spiro atoms. The van der Waals surface area contributed by atoms with Gasteiger partial charge in [-0.3, -0.25) is 9.59 Å². The second-order valence-electron chi connectivity index (χ2n) is 5.12. The summed E-state index contributed by atoms with van der Waals surface area (Å²) >= 11 is 1.27. The monoisotopic (exact) mass is 317 g/mol. The lowest BCUT2D eigenvalue weighted by atomic mass is 9.91. The average molecular weight is 317 g/mol. The molecule has 2 heterocycles. The minimum atomic E-state index is -0.261. The standard InChI is InChI=1S/C15H15N3O3S/c19-12(17-15-18-16-9-22-15)7-6-11-8-13(20)21-14(11)10-4-2-1-3-5-10/h1-5,9,11,14H,6-8H2,(H,17,18,19)/t11-,14-/m1/s1. The zero-order valence-electron chi connectivity index (χ0n) is 11.8. The predicted molar refractivity (Wildman–Crippen MR) is 81.2 cm³/mol. The van der Waals surface area contributed by atoms with Gasteiger partial charge >= 0.3 is 5.97 Å². The number of hydrogen-bond acceptors (Lipinski definition) is 6. The van der Waals surface area contributed by atoms with Gasteiger partial charge in [0.1, 0.15) is 11.6 Å². The number of amides is 1. The Kier molecular flexibility index (Phi) is 4.43. The molecule has 3 rings (SSSR count). The molecule has 22 heavy (non-hydrogen) atoms. The molecule has 1 saturated heterocycles. The smallest absolute Gasteiger partial charge is 0.306 e. The maximum Gasteiger partial charge on any atom is 0.306 e. The van der Waals surface area contributed by atoms with Crippen LogP contribution >= 0.6 is 11.3 Å². The molecule has 114 valence electrons. The van der Waals surface area contributed by atoms with E-state index in [-0.39, 0.29) is 23.9 Å². The van der Waals surface area contributed by atoms with Gasteiger partial charge in [-0.2, -0.15) is 0 Å². The number of hydrogen-bond donors (Lipinski definition) is 1. The maximum absolute atomic E-state index is 11.9. The van der Waals surface area contributed by atoms with Crippen LogP contribution in [0.3, 0.4) is 0 Å². The van der Waals surface area contributed by atoms with Crippen LogP contribution in [0.15, 0.2) is 35.8 Å². The summed E-state index contributed by atoms with van der Waals surface area (Å²) in [5.74, 6) is -0.304. The van der Waals surface area contributed by atoms with E-state index in [1.54, 1.807) is 5.51 Å². The molecule has 0 saturated carbocycles. The van der Waals surface area contributed by atoms with Gasteiger partial charge in [0.2, 0.25) is 11.0 Å². The number of nitrogens with zero attached hydrogens (tertiary/aromatic N) is 2. The molecular weight excluding hydrogens is 302 g/mol. The topological polar surface area (TPSA) is 81.2 Å². The highest BCUT2D eigenvalue weighted by Gasteiger charge is 2.35. The van der Waals surface area contributed by atoms with Crippen molar-refractivity contribution >= 4 is 28.3 Å². The van der Waals surface area contributed by atoms with E-state index in [1.165, 1.54) is 11.3 Å². The summed E-state index contributed by atoms with van der Waals surface area (Å²) in [4.78, 5) is 23.5. The molecule has 1 N–H and O–H groups in total. The van der Waals surface area contributed by atoms with Gasteiger partial charge in [0, 0.05) is 12.3 Å². The molecule has 1 aromatic heterocycles. The summed E-state index contributed by atoms with van der Waals surface area (Å²) in [6, 6.07) is 9.64. The summed E-state index contributed by atoms with van der Waals surface area (Å²) in [6.07, 6.45) is 1.01. The van der Waals surface area contributed by atoms with Crippen LogP contribution in [0, 0.1) is 5.92 Å². The molecule has 6 nitrogen and oxygen atoms in total. The number of rotatable bonds is 5. The molecule has 0 bridgehead atoms. The van der Waals surface area contributed by atoms with E-state index in [9.17, 15) is 9.59 Å². The SMILES string of the molecule is O=C(CC[C@@H]1CC(=O)O[C@@H]1c1ccccc1)Nc1nncs1. The maximum atomic E-state index is 11.9. The second-order valence-corrected chi connectivity index (χ2v) is 5.95. The Morgan fingerprint density at radius 3 is 2.91 bits per heavy atom. The fourth-order valence-electron chi connectivity index (χ4n) is 2.57. The zero-order chi connectivity index (χ0) is 15.4. The summed E-state index contributed by atoms with van der Waals surface area (Å²) in [5, 5.41) is 10.6. The molecule has 1 aliphatic heterocycles. The van der Waals surface area contributed by atoms with Crippen LogP contribution in [-0.4, -0.2) is 22.1 Å². The molecule has 1 aliphatic rings. The fraction of sp³-hybridized carbons (Fsp3) is 0.333.